The Morgan fingerprint density at radius 1 is 1.07 bits per heavy atom. The zero-order valence-electron chi connectivity index (χ0n) is 24.7. The standard InChI is InChI=1S/C30H30FN7O5S3/c1-36-27(18-32-29(40)21-6-10-23(11-7-21)46(41,42)37-12-14-43-15-13-37)33-34-30(36)45-19-28(39)38-25(20-4-8-22(31)9-5-20)17-24(35-38)26-3-2-16-44-26/h2-11,16,25H,12-15,17-19H2,1H3,(H,32,40). The number of morpholine rings is 1. The minimum absolute atomic E-state index is 0.0386. The predicted molar refractivity (Wildman–Crippen MR) is 170 cm³/mol. The number of amides is 2. The molecule has 2 aromatic carbocycles. The zero-order chi connectivity index (χ0) is 32.3. The molecule has 4 aromatic rings. The summed E-state index contributed by atoms with van der Waals surface area (Å²) in [6.45, 7) is 1.34. The van der Waals surface area contributed by atoms with Gasteiger partial charge in [0.25, 0.3) is 11.8 Å². The molecule has 240 valence electrons. The third-order valence-corrected chi connectivity index (χ3v) is 11.4. The lowest BCUT2D eigenvalue weighted by molar-refractivity contribution is -0.130. The van der Waals surface area contributed by atoms with Gasteiger partial charge in [-0.2, -0.15) is 9.41 Å². The number of nitrogens with one attached hydrogen (secondary N) is 1. The van der Waals surface area contributed by atoms with E-state index in [1.165, 1.54) is 57.5 Å². The monoisotopic (exact) mass is 683 g/mol. The summed E-state index contributed by atoms with van der Waals surface area (Å²) >= 11 is 2.74. The number of hydrogen-bond donors (Lipinski definition) is 1. The lowest BCUT2D eigenvalue weighted by Crippen LogP contribution is -2.40. The number of sulfonamides is 1. The molecule has 2 aliphatic heterocycles. The lowest BCUT2D eigenvalue weighted by atomic mass is 10.0. The Balaban J connectivity index is 1.06. The molecule has 0 spiro atoms. The fourth-order valence-electron chi connectivity index (χ4n) is 5.07. The number of hydrogen-bond acceptors (Lipinski definition) is 10. The molecule has 46 heavy (non-hydrogen) atoms. The van der Waals surface area contributed by atoms with Crippen LogP contribution in [0.1, 0.15) is 39.1 Å². The van der Waals surface area contributed by atoms with E-state index in [4.69, 9.17) is 4.74 Å². The van der Waals surface area contributed by atoms with Crippen molar-refractivity contribution in [1.29, 1.82) is 0 Å². The Bertz CT molecular complexity index is 1840. The van der Waals surface area contributed by atoms with Gasteiger partial charge >= 0.3 is 0 Å². The van der Waals surface area contributed by atoms with Gasteiger partial charge < -0.3 is 14.6 Å². The van der Waals surface area contributed by atoms with Gasteiger partial charge in [-0.25, -0.2) is 17.8 Å². The predicted octanol–water partition coefficient (Wildman–Crippen LogP) is 3.44. The first-order chi connectivity index (χ1) is 22.2. The summed E-state index contributed by atoms with van der Waals surface area (Å²) in [6.07, 6.45) is 0.517. The maximum atomic E-state index is 13.6. The molecule has 4 heterocycles. The van der Waals surface area contributed by atoms with Crippen LogP contribution in [0.3, 0.4) is 0 Å². The van der Waals surface area contributed by atoms with E-state index >= 15 is 0 Å². The van der Waals surface area contributed by atoms with Crippen molar-refractivity contribution >= 4 is 50.6 Å². The number of thiophene rings is 1. The molecule has 0 bridgehead atoms. The van der Waals surface area contributed by atoms with Gasteiger partial charge in [-0.15, -0.1) is 21.5 Å². The number of rotatable bonds is 10. The Morgan fingerprint density at radius 3 is 2.50 bits per heavy atom. The quantitative estimate of drug-likeness (QED) is 0.251. The molecule has 1 saturated heterocycles. The zero-order valence-corrected chi connectivity index (χ0v) is 27.2. The highest BCUT2D eigenvalue weighted by Gasteiger charge is 2.34. The molecule has 12 nitrogen and oxygen atoms in total. The van der Waals surface area contributed by atoms with E-state index in [1.807, 2.05) is 17.5 Å². The van der Waals surface area contributed by atoms with Gasteiger partial charge in [-0.3, -0.25) is 9.59 Å². The first kappa shape index (κ1) is 32.0. The second-order valence-electron chi connectivity index (χ2n) is 10.5. The Hall–Kier alpha value is -3.96. The summed E-state index contributed by atoms with van der Waals surface area (Å²) in [6, 6.07) is 15.4. The summed E-state index contributed by atoms with van der Waals surface area (Å²) in [5, 5.41) is 19.7. The van der Waals surface area contributed by atoms with Crippen molar-refractivity contribution < 1.29 is 27.1 Å². The summed E-state index contributed by atoms with van der Waals surface area (Å²) in [7, 11) is -1.92. The van der Waals surface area contributed by atoms with Crippen LogP contribution in [0.15, 0.2) is 81.2 Å². The highest BCUT2D eigenvalue weighted by Crippen LogP contribution is 2.34. The SMILES string of the molecule is Cn1c(CNC(=O)c2ccc(S(=O)(=O)N3CCOCC3)cc2)nnc1SCC(=O)N1N=C(c2cccs2)CC1c1ccc(F)cc1. The molecule has 1 N–H and O–H groups in total. The molecular weight excluding hydrogens is 654 g/mol. The number of benzene rings is 2. The van der Waals surface area contributed by atoms with Gasteiger partial charge in [0.15, 0.2) is 11.0 Å². The molecule has 1 unspecified atom stereocenters. The molecular formula is C30H30FN7O5S3. The van der Waals surface area contributed by atoms with Crippen molar-refractivity contribution in [3.63, 3.8) is 0 Å². The molecule has 1 atom stereocenters. The number of carbonyl (C=O) groups excluding carboxylic acids is 2. The van der Waals surface area contributed by atoms with E-state index in [1.54, 1.807) is 35.1 Å². The molecule has 2 aliphatic rings. The van der Waals surface area contributed by atoms with E-state index in [2.05, 4.69) is 20.6 Å². The second-order valence-corrected chi connectivity index (χ2v) is 14.3. The maximum Gasteiger partial charge on any atom is 0.253 e. The summed E-state index contributed by atoms with van der Waals surface area (Å²) in [5.74, 6) is -0.475. The summed E-state index contributed by atoms with van der Waals surface area (Å²) in [4.78, 5) is 27.3. The van der Waals surface area contributed by atoms with Crippen molar-refractivity contribution in [1.82, 2.24) is 29.4 Å². The first-order valence-corrected chi connectivity index (χ1v) is 17.7. The first-order valence-electron chi connectivity index (χ1n) is 14.4. The van der Waals surface area contributed by atoms with Gasteiger partial charge in [-0.05, 0) is 53.4 Å². The highest BCUT2D eigenvalue weighted by molar-refractivity contribution is 7.99. The summed E-state index contributed by atoms with van der Waals surface area (Å²) < 4.78 is 47.6. The number of thioether (sulfide) groups is 1. The number of aromatic nitrogens is 3. The molecule has 0 radical (unpaired) electrons. The average molecular weight is 684 g/mol. The van der Waals surface area contributed by atoms with Crippen LogP contribution in [0.25, 0.3) is 0 Å². The molecule has 2 amide bonds. The van der Waals surface area contributed by atoms with Crippen LogP contribution in [-0.2, 0) is 33.1 Å². The number of ether oxygens (including phenoxy) is 1. The van der Waals surface area contributed by atoms with Gasteiger partial charge in [0.1, 0.15) is 5.82 Å². The van der Waals surface area contributed by atoms with E-state index in [9.17, 15) is 22.4 Å². The van der Waals surface area contributed by atoms with Crippen molar-refractivity contribution in [3.05, 3.63) is 93.7 Å². The largest absolute Gasteiger partial charge is 0.379 e. The average Bonchev–Trinajstić information content (AvgIpc) is 3.84. The van der Waals surface area contributed by atoms with E-state index in [0.29, 0.717) is 36.2 Å². The van der Waals surface area contributed by atoms with Crippen molar-refractivity contribution in [2.45, 2.75) is 29.1 Å². The van der Waals surface area contributed by atoms with Gasteiger partial charge in [-0.1, -0.05) is 30.0 Å². The van der Waals surface area contributed by atoms with Gasteiger partial charge in [0.05, 0.1) is 47.0 Å². The number of halogens is 1. The highest BCUT2D eigenvalue weighted by atomic mass is 32.2. The van der Waals surface area contributed by atoms with Crippen molar-refractivity contribution in [2.24, 2.45) is 12.1 Å². The van der Waals surface area contributed by atoms with Crippen LogP contribution in [0, 0.1) is 5.82 Å². The third-order valence-electron chi connectivity index (χ3n) is 7.61. The second kappa shape index (κ2) is 13.8. The van der Waals surface area contributed by atoms with E-state index in [0.717, 1.165) is 16.2 Å². The van der Waals surface area contributed by atoms with Gasteiger partial charge in [0, 0.05) is 32.1 Å². The number of nitrogens with zero attached hydrogens (tertiary/aromatic N) is 6. The molecule has 0 aliphatic carbocycles. The Labute approximate surface area is 273 Å². The van der Waals surface area contributed by atoms with Crippen molar-refractivity contribution in [2.75, 3.05) is 32.1 Å². The van der Waals surface area contributed by atoms with Crippen LogP contribution in [0.2, 0.25) is 0 Å². The van der Waals surface area contributed by atoms with Crippen LogP contribution in [-0.4, -0.2) is 82.1 Å². The Kier molecular flexibility index (Phi) is 9.60. The molecule has 1 fully saturated rings. The number of carbonyl (C=O) groups is 2. The van der Waals surface area contributed by atoms with Crippen LogP contribution >= 0.6 is 23.1 Å². The summed E-state index contributed by atoms with van der Waals surface area (Å²) in [5.41, 5.74) is 1.89. The number of hydrazone groups is 1. The molecule has 16 heteroatoms. The topological polar surface area (TPSA) is 139 Å². The lowest BCUT2D eigenvalue weighted by Gasteiger charge is -2.26. The third kappa shape index (κ3) is 6.90. The molecule has 0 saturated carbocycles. The van der Waals surface area contributed by atoms with Crippen LogP contribution in [0.5, 0.6) is 0 Å². The fourth-order valence-corrected chi connectivity index (χ4v) is 7.98. The van der Waals surface area contributed by atoms with Gasteiger partial charge in [0.2, 0.25) is 10.0 Å². The van der Waals surface area contributed by atoms with Crippen LogP contribution < -0.4 is 5.32 Å². The van der Waals surface area contributed by atoms with Crippen molar-refractivity contribution in [3.8, 4) is 0 Å². The fraction of sp³-hybridized carbons (Fsp3) is 0.300. The minimum atomic E-state index is -3.66. The van der Waals surface area contributed by atoms with E-state index < -0.39 is 15.9 Å². The smallest absolute Gasteiger partial charge is 0.253 e. The molecule has 6 rings (SSSR count). The maximum absolute atomic E-state index is 13.6. The van der Waals surface area contributed by atoms with Crippen LogP contribution in [0.4, 0.5) is 4.39 Å². The van der Waals surface area contributed by atoms with E-state index in [-0.39, 0.29) is 48.0 Å². The minimum Gasteiger partial charge on any atom is -0.379 e. The molecule has 2 aromatic heterocycles. The Morgan fingerprint density at radius 2 is 1.80 bits per heavy atom. The normalized spacial score (nSPS) is 17.2.